The zero-order chi connectivity index (χ0) is 10.7. The average molecular weight is 200 g/mol. The molecule has 1 rings (SSSR count). The smallest absolute Gasteiger partial charge is 0.239 e. The SMILES string of the molecule is CC(C)C[C@@H](N)C(=O)N1CCC(O)C1. The van der Waals surface area contributed by atoms with Crippen molar-refractivity contribution in [2.24, 2.45) is 11.7 Å². The van der Waals surface area contributed by atoms with Gasteiger partial charge in [-0.05, 0) is 18.8 Å². The molecule has 0 aromatic rings. The van der Waals surface area contributed by atoms with Gasteiger partial charge in [0.05, 0.1) is 12.1 Å². The van der Waals surface area contributed by atoms with E-state index in [0.29, 0.717) is 31.8 Å². The minimum atomic E-state index is -0.403. The van der Waals surface area contributed by atoms with E-state index in [2.05, 4.69) is 0 Å². The van der Waals surface area contributed by atoms with Crippen molar-refractivity contribution < 1.29 is 9.90 Å². The minimum absolute atomic E-state index is 0.0183. The van der Waals surface area contributed by atoms with E-state index < -0.39 is 6.04 Å². The molecule has 1 fully saturated rings. The Morgan fingerprint density at radius 3 is 2.71 bits per heavy atom. The molecular weight excluding hydrogens is 180 g/mol. The molecule has 1 aliphatic rings. The van der Waals surface area contributed by atoms with Crippen LogP contribution in [-0.2, 0) is 4.79 Å². The van der Waals surface area contributed by atoms with Crippen LogP contribution in [0.25, 0.3) is 0 Å². The van der Waals surface area contributed by atoms with Crippen molar-refractivity contribution in [2.75, 3.05) is 13.1 Å². The van der Waals surface area contributed by atoms with Crippen LogP contribution in [0, 0.1) is 5.92 Å². The first-order valence-electron chi connectivity index (χ1n) is 5.23. The lowest BCUT2D eigenvalue weighted by Gasteiger charge is -2.21. The third kappa shape index (κ3) is 2.96. The fraction of sp³-hybridized carbons (Fsp3) is 0.900. The second-order valence-corrected chi connectivity index (χ2v) is 4.46. The maximum Gasteiger partial charge on any atom is 0.239 e. The number of carbonyl (C=O) groups is 1. The van der Waals surface area contributed by atoms with Crippen LogP contribution in [0.1, 0.15) is 26.7 Å². The average Bonchev–Trinajstić information content (AvgIpc) is 2.49. The molecule has 0 saturated carbocycles. The Bertz CT molecular complexity index is 206. The zero-order valence-electron chi connectivity index (χ0n) is 8.94. The Morgan fingerprint density at radius 2 is 2.29 bits per heavy atom. The Kier molecular flexibility index (Phi) is 3.89. The number of β-amino-alcohol motifs (C(OH)–C–C–N with tert-alkyl or cyclic N) is 1. The van der Waals surface area contributed by atoms with E-state index in [1.165, 1.54) is 0 Å². The normalized spacial score (nSPS) is 24.4. The van der Waals surface area contributed by atoms with Gasteiger partial charge in [-0.1, -0.05) is 13.8 Å². The van der Waals surface area contributed by atoms with E-state index in [4.69, 9.17) is 5.73 Å². The largest absolute Gasteiger partial charge is 0.391 e. The first kappa shape index (κ1) is 11.5. The first-order valence-corrected chi connectivity index (χ1v) is 5.23. The van der Waals surface area contributed by atoms with Gasteiger partial charge in [-0.3, -0.25) is 4.79 Å². The molecule has 14 heavy (non-hydrogen) atoms. The van der Waals surface area contributed by atoms with Crippen molar-refractivity contribution in [3.05, 3.63) is 0 Å². The molecule has 4 nitrogen and oxygen atoms in total. The highest BCUT2D eigenvalue weighted by Crippen LogP contribution is 2.12. The third-order valence-corrected chi connectivity index (χ3v) is 2.52. The first-order chi connectivity index (χ1) is 6.50. The standard InChI is InChI=1S/C10H20N2O2/c1-7(2)5-9(11)10(14)12-4-3-8(13)6-12/h7-9,13H,3-6,11H2,1-2H3/t8?,9-/m1/s1. The van der Waals surface area contributed by atoms with Gasteiger partial charge in [0.1, 0.15) is 0 Å². The molecule has 0 aromatic heterocycles. The number of aliphatic hydroxyl groups is 1. The number of amides is 1. The molecule has 1 aliphatic heterocycles. The molecule has 3 N–H and O–H groups in total. The summed E-state index contributed by atoms with van der Waals surface area (Å²) >= 11 is 0. The lowest BCUT2D eigenvalue weighted by Crippen LogP contribution is -2.43. The van der Waals surface area contributed by atoms with Gasteiger partial charge in [-0.25, -0.2) is 0 Å². The van der Waals surface area contributed by atoms with Crippen LogP contribution in [0.3, 0.4) is 0 Å². The molecule has 0 aromatic carbocycles. The minimum Gasteiger partial charge on any atom is -0.391 e. The summed E-state index contributed by atoms with van der Waals surface area (Å²) in [7, 11) is 0. The van der Waals surface area contributed by atoms with Gasteiger partial charge in [0.25, 0.3) is 0 Å². The van der Waals surface area contributed by atoms with Crippen LogP contribution in [0.2, 0.25) is 0 Å². The highest BCUT2D eigenvalue weighted by atomic mass is 16.3. The maximum absolute atomic E-state index is 11.7. The predicted octanol–water partition coefficient (Wildman–Crippen LogP) is -0.0470. The molecule has 0 bridgehead atoms. The van der Waals surface area contributed by atoms with Crippen molar-refractivity contribution in [2.45, 2.75) is 38.8 Å². The topological polar surface area (TPSA) is 66.6 Å². The summed E-state index contributed by atoms with van der Waals surface area (Å²) in [4.78, 5) is 13.4. The number of nitrogens with zero attached hydrogens (tertiary/aromatic N) is 1. The second kappa shape index (κ2) is 4.75. The third-order valence-electron chi connectivity index (χ3n) is 2.52. The molecule has 0 aliphatic carbocycles. The van der Waals surface area contributed by atoms with Crippen LogP contribution in [0.5, 0.6) is 0 Å². The summed E-state index contributed by atoms with van der Waals surface area (Å²) in [6, 6.07) is -0.403. The zero-order valence-corrected chi connectivity index (χ0v) is 8.94. The van der Waals surface area contributed by atoms with Gasteiger partial charge >= 0.3 is 0 Å². The summed E-state index contributed by atoms with van der Waals surface area (Å²) in [6.45, 7) is 5.19. The van der Waals surface area contributed by atoms with Crippen LogP contribution >= 0.6 is 0 Å². The quantitative estimate of drug-likeness (QED) is 0.671. The highest BCUT2D eigenvalue weighted by Gasteiger charge is 2.28. The summed E-state index contributed by atoms with van der Waals surface area (Å²) in [5.74, 6) is 0.414. The summed E-state index contributed by atoms with van der Waals surface area (Å²) < 4.78 is 0. The highest BCUT2D eigenvalue weighted by molar-refractivity contribution is 5.81. The summed E-state index contributed by atoms with van der Waals surface area (Å²) in [5, 5.41) is 9.28. The number of carbonyl (C=O) groups excluding carboxylic acids is 1. The fourth-order valence-electron chi connectivity index (χ4n) is 1.79. The number of likely N-dealkylation sites (tertiary alicyclic amines) is 1. The number of hydrogen-bond donors (Lipinski definition) is 2. The summed E-state index contributed by atoms with van der Waals surface area (Å²) in [5.41, 5.74) is 5.77. The molecule has 2 atom stereocenters. The fourth-order valence-corrected chi connectivity index (χ4v) is 1.79. The maximum atomic E-state index is 11.7. The Labute approximate surface area is 85.1 Å². The number of hydrogen-bond acceptors (Lipinski definition) is 3. The molecule has 0 spiro atoms. The lowest BCUT2D eigenvalue weighted by molar-refractivity contribution is -0.132. The summed E-state index contributed by atoms with van der Waals surface area (Å²) in [6.07, 6.45) is 1.04. The van der Waals surface area contributed by atoms with Crippen molar-refractivity contribution in [1.29, 1.82) is 0 Å². The van der Waals surface area contributed by atoms with Gasteiger partial charge in [0.2, 0.25) is 5.91 Å². The predicted molar refractivity (Wildman–Crippen MR) is 54.6 cm³/mol. The molecule has 82 valence electrons. The molecule has 1 heterocycles. The van der Waals surface area contributed by atoms with E-state index in [1.54, 1.807) is 4.90 Å². The molecule has 1 unspecified atom stereocenters. The van der Waals surface area contributed by atoms with E-state index in [1.807, 2.05) is 13.8 Å². The number of aliphatic hydroxyl groups excluding tert-OH is 1. The van der Waals surface area contributed by atoms with Gasteiger partial charge in [0.15, 0.2) is 0 Å². The van der Waals surface area contributed by atoms with Gasteiger partial charge in [0, 0.05) is 13.1 Å². The molecule has 1 amide bonds. The molecule has 0 radical (unpaired) electrons. The van der Waals surface area contributed by atoms with E-state index >= 15 is 0 Å². The van der Waals surface area contributed by atoms with Crippen LogP contribution in [0.4, 0.5) is 0 Å². The number of nitrogens with two attached hydrogens (primary N) is 1. The van der Waals surface area contributed by atoms with E-state index in [-0.39, 0.29) is 12.0 Å². The van der Waals surface area contributed by atoms with E-state index in [0.717, 1.165) is 0 Å². The Balaban J connectivity index is 2.40. The Morgan fingerprint density at radius 1 is 1.64 bits per heavy atom. The van der Waals surface area contributed by atoms with Gasteiger partial charge in [-0.15, -0.1) is 0 Å². The Hall–Kier alpha value is -0.610. The van der Waals surface area contributed by atoms with Crippen molar-refractivity contribution in [1.82, 2.24) is 4.90 Å². The monoisotopic (exact) mass is 200 g/mol. The lowest BCUT2D eigenvalue weighted by atomic mass is 10.0. The molecule has 1 saturated heterocycles. The van der Waals surface area contributed by atoms with Crippen LogP contribution in [-0.4, -0.2) is 41.1 Å². The van der Waals surface area contributed by atoms with Gasteiger partial charge in [-0.2, -0.15) is 0 Å². The van der Waals surface area contributed by atoms with Crippen molar-refractivity contribution in [3.63, 3.8) is 0 Å². The van der Waals surface area contributed by atoms with E-state index in [9.17, 15) is 9.90 Å². The second-order valence-electron chi connectivity index (χ2n) is 4.46. The van der Waals surface area contributed by atoms with Crippen molar-refractivity contribution in [3.8, 4) is 0 Å². The van der Waals surface area contributed by atoms with Gasteiger partial charge < -0.3 is 15.7 Å². The molecule has 4 heteroatoms. The molecular formula is C10H20N2O2. The number of rotatable bonds is 3. The van der Waals surface area contributed by atoms with Crippen molar-refractivity contribution >= 4 is 5.91 Å². The van der Waals surface area contributed by atoms with Crippen LogP contribution in [0.15, 0.2) is 0 Å². The van der Waals surface area contributed by atoms with Crippen LogP contribution < -0.4 is 5.73 Å².